The van der Waals surface area contributed by atoms with Crippen molar-refractivity contribution in [3.05, 3.63) is 0 Å². The van der Waals surface area contributed by atoms with Crippen LogP contribution in [-0.2, 0) is 24.0 Å². The van der Waals surface area contributed by atoms with Crippen LogP contribution in [0.5, 0.6) is 0 Å². The standard InChI is InChI=1S/C16H29N5O6S/c1-8(2)5-10(21-14(24)9(17)3-4-12(18)22)15(25)19-6-13(23)20-11(7-28)16(26)27/h8-11,28H,3-7,17H2,1-2H3,(H2,18,22)(H,19,25)(H,20,23)(H,21,24)(H,26,27). The number of aliphatic carboxylic acids is 1. The third-order valence-electron chi connectivity index (χ3n) is 3.62. The summed E-state index contributed by atoms with van der Waals surface area (Å²) in [6.45, 7) is 3.22. The van der Waals surface area contributed by atoms with Gasteiger partial charge in [0.15, 0.2) is 0 Å². The molecular formula is C16H29N5O6S. The third-order valence-corrected chi connectivity index (χ3v) is 3.98. The van der Waals surface area contributed by atoms with Crippen molar-refractivity contribution in [1.29, 1.82) is 0 Å². The number of carbonyl (C=O) groups is 5. The Morgan fingerprint density at radius 2 is 1.64 bits per heavy atom. The van der Waals surface area contributed by atoms with Gasteiger partial charge in [-0.15, -0.1) is 0 Å². The highest BCUT2D eigenvalue weighted by Crippen LogP contribution is 2.06. The Balaban J connectivity index is 4.76. The number of carboxylic acids is 1. The van der Waals surface area contributed by atoms with Gasteiger partial charge in [-0.05, 0) is 18.8 Å². The number of hydrogen-bond acceptors (Lipinski definition) is 7. The number of rotatable bonds is 13. The van der Waals surface area contributed by atoms with Crippen LogP contribution in [-0.4, -0.2) is 65.1 Å². The van der Waals surface area contributed by atoms with Gasteiger partial charge >= 0.3 is 5.97 Å². The molecule has 0 spiro atoms. The van der Waals surface area contributed by atoms with Crippen LogP contribution in [0.4, 0.5) is 0 Å². The van der Waals surface area contributed by atoms with Gasteiger partial charge in [-0.25, -0.2) is 4.79 Å². The Labute approximate surface area is 168 Å². The Kier molecular flexibility index (Phi) is 11.9. The molecule has 0 radical (unpaired) electrons. The molecule has 3 atom stereocenters. The second-order valence-corrected chi connectivity index (χ2v) is 7.03. The molecule has 0 rings (SSSR count). The lowest BCUT2D eigenvalue weighted by Gasteiger charge is -2.22. The normalized spacial score (nSPS) is 13.9. The van der Waals surface area contributed by atoms with E-state index >= 15 is 0 Å². The fraction of sp³-hybridized carbons (Fsp3) is 0.688. The van der Waals surface area contributed by atoms with Crippen LogP contribution >= 0.6 is 12.6 Å². The maximum Gasteiger partial charge on any atom is 0.327 e. The highest BCUT2D eigenvalue weighted by Gasteiger charge is 2.25. The van der Waals surface area contributed by atoms with E-state index in [1.165, 1.54) is 0 Å². The van der Waals surface area contributed by atoms with Crippen LogP contribution in [0.25, 0.3) is 0 Å². The van der Waals surface area contributed by atoms with Crippen LogP contribution < -0.4 is 27.4 Å². The van der Waals surface area contributed by atoms with Crippen molar-refractivity contribution in [2.45, 2.75) is 51.2 Å². The maximum atomic E-state index is 12.3. The molecule has 0 saturated heterocycles. The van der Waals surface area contributed by atoms with E-state index < -0.39 is 54.3 Å². The average molecular weight is 420 g/mol. The molecule has 11 nitrogen and oxygen atoms in total. The second-order valence-electron chi connectivity index (χ2n) is 6.66. The minimum atomic E-state index is -1.25. The van der Waals surface area contributed by atoms with Crippen molar-refractivity contribution in [1.82, 2.24) is 16.0 Å². The first kappa shape index (κ1) is 25.7. The number of nitrogens with two attached hydrogens (primary N) is 2. The predicted molar refractivity (Wildman–Crippen MR) is 104 cm³/mol. The summed E-state index contributed by atoms with van der Waals surface area (Å²) in [6.07, 6.45) is 0.266. The Bertz CT molecular complexity index is 586. The van der Waals surface area contributed by atoms with Gasteiger partial charge in [-0.3, -0.25) is 19.2 Å². The zero-order valence-electron chi connectivity index (χ0n) is 15.9. The Morgan fingerprint density at radius 1 is 1.04 bits per heavy atom. The smallest absolute Gasteiger partial charge is 0.327 e. The molecule has 4 amide bonds. The van der Waals surface area contributed by atoms with Crippen LogP contribution in [0, 0.1) is 5.92 Å². The van der Waals surface area contributed by atoms with E-state index in [0.29, 0.717) is 0 Å². The summed E-state index contributed by atoms with van der Waals surface area (Å²) in [5.74, 6) is -3.83. The largest absolute Gasteiger partial charge is 0.480 e. The number of primary amides is 1. The van der Waals surface area contributed by atoms with Gasteiger partial charge in [0.2, 0.25) is 23.6 Å². The molecule has 0 heterocycles. The number of carboxylic acid groups (broad SMARTS) is 1. The lowest BCUT2D eigenvalue weighted by atomic mass is 10.0. The zero-order valence-corrected chi connectivity index (χ0v) is 16.8. The van der Waals surface area contributed by atoms with Crippen LogP contribution in [0.3, 0.4) is 0 Å². The Morgan fingerprint density at radius 3 is 2.11 bits per heavy atom. The van der Waals surface area contributed by atoms with Crippen LogP contribution in [0.1, 0.15) is 33.1 Å². The highest BCUT2D eigenvalue weighted by atomic mass is 32.1. The van der Waals surface area contributed by atoms with E-state index in [1.54, 1.807) is 0 Å². The third kappa shape index (κ3) is 10.7. The maximum absolute atomic E-state index is 12.3. The average Bonchev–Trinajstić information content (AvgIpc) is 2.60. The van der Waals surface area contributed by atoms with Crippen molar-refractivity contribution in [2.75, 3.05) is 12.3 Å². The fourth-order valence-corrected chi connectivity index (χ4v) is 2.38. The van der Waals surface area contributed by atoms with E-state index in [1.807, 2.05) is 13.8 Å². The van der Waals surface area contributed by atoms with Crippen molar-refractivity contribution < 1.29 is 29.1 Å². The fourth-order valence-electron chi connectivity index (χ4n) is 2.13. The molecule has 28 heavy (non-hydrogen) atoms. The predicted octanol–water partition coefficient (Wildman–Crippen LogP) is -2.27. The number of thiol groups is 1. The van der Waals surface area contributed by atoms with E-state index in [2.05, 4.69) is 28.6 Å². The number of carbonyl (C=O) groups excluding carboxylic acids is 4. The lowest BCUT2D eigenvalue weighted by molar-refractivity contribution is -0.141. The summed E-state index contributed by atoms with van der Waals surface area (Å²) in [7, 11) is 0. The molecule has 0 aromatic rings. The molecule has 3 unspecified atom stereocenters. The Hall–Kier alpha value is -2.34. The molecule has 0 fully saturated rings. The minimum absolute atomic E-state index is 0.0416. The monoisotopic (exact) mass is 419 g/mol. The van der Waals surface area contributed by atoms with Gasteiger partial charge in [0.1, 0.15) is 12.1 Å². The number of amides is 4. The second kappa shape index (κ2) is 12.9. The summed E-state index contributed by atoms with van der Waals surface area (Å²) in [5.41, 5.74) is 10.7. The molecular weight excluding hydrogens is 390 g/mol. The zero-order chi connectivity index (χ0) is 21.9. The van der Waals surface area contributed by atoms with Gasteiger partial charge in [0.25, 0.3) is 0 Å². The van der Waals surface area contributed by atoms with E-state index in [-0.39, 0.29) is 30.9 Å². The van der Waals surface area contributed by atoms with Crippen LogP contribution in [0.15, 0.2) is 0 Å². The molecule has 0 aromatic heterocycles. The molecule has 12 heteroatoms. The first-order chi connectivity index (χ1) is 13.0. The minimum Gasteiger partial charge on any atom is -0.480 e. The van der Waals surface area contributed by atoms with Crippen LogP contribution in [0.2, 0.25) is 0 Å². The summed E-state index contributed by atoms with van der Waals surface area (Å²) in [4.78, 5) is 57.9. The first-order valence-electron chi connectivity index (χ1n) is 8.72. The molecule has 0 aromatic carbocycles. The quantitative estimate of drug-likeness (QED) is 0.163. The highest BCUT2D eigenvalue weighted by molar-refractivity contribution is 7.80. The molecule has 0 bridgehead atoms. The van der Waals surface area contributed by atoms with Gasteiger partial charge in [-0.2, -0.15) is 12.6 Å². The molecule has 0 saturated carbocycles. The molecule has 0 aliphatic carbocycles. The van der Waals surface area contributed by atoms with Gasteiger partial charge in [0, 0.05) is 12.2 Å². The summed E-state index contributed by atoms with van der Waals surface area (Å²) in [5, 5.41) is 15.9. The first-order valence-corrected chi connectivity index (χ1v) is 9.36. The van der Waals surface area contributed by atoms with Crippen molar-refractivity contribution >= 4 is 42.2 Å². The molecule has 8 N–H and O–H groups in total. The SMILES string of the molecule is CC(C)CC(NC(=O)C(N)CCC(N)=O)C(=O)NCC(=O)NC(CS)C(=O)O. The van der Waals surface area contributed by atoms with E-state index in [9.17, 15) is 24.0 Å². The van der Waals surface area contributed by atoms with Gasteiger partial charge in [-0.1, -0.05) is 13.8 Å². The molecule has 160 valence electrons. The topological polar surface area (TPSA) is 194 Å². The number of nitrogens with one attached hydrogen (secondary N) is 3. The lowest BCUT2D eigenvalue weighted by Crippen LogP contribution is -2.54. The van der Waals surface area contributed by atoms with Gasteiger partial charge < -0.3 is 32.5 Å². The summed E-state index contributed by atoms with van der Waals surface area (Å²) < 4.78 is 0. The van der Waals surface area contributed by atoms with Gasteiger partial charge in [0.05, 0.1) is 12.6 Å². The van der Waals surface area contributed by atoms with E-state index in [0.717, 1.165) is 0 Å². The van der Waals surface area contributed by atoms with Crippen molar-refractivity contribution in [3.63, 3.8) is 0 Å². The molecule has 0 aliphatic heterocycles. The molecule has 0 aliphatic rings. The number of hydrogen-bond donors (Lipinski definition) is 7. The summed E-state index contributed by atoms with van der Waals surface area (Å²) in [6, 6.07) is -3.13. The van der Waals surface area contributed by atoms with Crippen molar-refractivity contribution in [3.8, 4) is 0 Å². The summed E-state index contributed by atoms with van der Waals surface area (Å²) >= 11 is 3.82. The van der Waals surface area contributed by atoms with Crippen molar-refractivity contribution in [2.24, 2.45) is 17.4 Å². The van der Waals surface area contributed by atoms with E-state index in [4.69, 9.17) is 16.6 Å².